The number of piperidine rings is 1. The summed E-state index contributed by atoms with van der Waals surface area (Å²) in [5.41, 5.74) is 2.20. The summed E-state index contributed by atoms with van der Waals surface area (Å²) in [6.07, 6.45) is 9.68. The predicted octanol–water partition coefficient (Wildman–Crippen LogP) is 2.29. The van der Waals surface area contributed by atoms with Crippen molar-refractivity contribution in [3.63, 3.8) is 0 Å². The molecule has 1 saturated heterocycles. The monoisotopic (exact) mass is 421 g/mol. The maximum atomic E-state index is 12.6. The third kappa shape index (κ3) is 3.95. The molecule has 0 radical (unpaired) electrons. The number of amides is 1. The van der Waals surface area contributed by atoms with E-state index in [4.69, 9.17) is 9.47 Å². The van der Waals surface area contributed by atoms with Crippen molar-refractivity contribution in [3.8, 4) is 5.75 Å². The second kappa shape index (κ2) is 8.19. The van der Waals surface area contributed by atoms with Crippen LogP contribution in [0.1, 0.15) is 29.8 Å². The van der Waals surface area contributed by atoms with Crippen LogP contribution in [0.3, 0.4) is 0 Å². The Hall–Kier alpha value is -3.13. The van der Waals surface area contributed by atoms with Crippen LogP contribution in [-0.2, 0) is 41.8 Å². The zero-order valence-corrected chi connectivity index (χ0v) is 17.7. The summed E-state index contributed by atoms with van der Waals surface area (Å²) < 4.78 is 16.0. The quantitative estimate of drug-likeness (QED) is 0.632. The first-order valence-electron chi connectivity index (χ1n) is 10.7. The van der Waals surface area contributed by atoms with Crippen LogP contribution in [0.4, 0.5) is 0 Å². The van der Waals surface area contributed by atoms with E-state index in [0.29, 0.717) is 26.3 Å². The van der Waals surface area contributed by atoms with Crippen LogP contribution in [-0.4, -0.2) is 49.8 Å². The summed E-state index contributed by atoms with van der Waals surface area (Å²) in [5, 5.41) is 4.14. The third-order valence-electron chi connectivity index (χ3n) is 6.39. The molecule has 0 bridgehead atoms. The lowest BCUT2D eigenvalue weighted by atomic mass is 9.79. The Bertz CT molecular complexity index is 1050. The van der Waals surface area contributed by atoms with Crippen molar-refractivity contribution in [2.24, 2.45) is 7.05 Å². The number of benzene rings is 1. The number of hydrogen-bond donors (Lipinski definition) is 0. The number of imidazole rings is 1. The van der Waals surface area contributed by atoms with E-state index in [-0.39, 0.29) is 18.1 Å². The third-order valence-corrected chi connectivity index (χ3v) is 6.39. The molecule has 1 amide bonds. The Morgan fingerprint density at radius 2 is 2.10 bits per heavy atom. The Balaban J connectivity index is 1.26. The number of aromatic nitrogens is 4. The molecule has 0 atom stereocenters. The highest BCUT2D eigenvalue weighted by Gasteiger charge is 2.41. The molecule has 2 aliphatic rings. The Kier molecular flexibility index (Phi) is 5.23. The molecular formula is C23H27N5O3. The lowest BCUT2D eigenvalue weighted by Crippen LogP contribution is -2.49. The van der Waals surface area contributed by atoms with Gasteiger partial charge in [-0.25, -0.2) is 4.98 Å². The molecule has 0 unspecified atom stereocenters. The summed E-state index contributed by atoms with van der Waals surface area (Å²) >= 11 is 0. The molecule has 8 heteroatoms. The van der Waals surface area contributed by atoms with Crippen molar-refractivity contribution >= 4 is 5.91 Å². The summed E-state index contributed by atoms with van der Waals surface area (Å²) in [4.78, 5) is 18.9. The molecule has 1 aromatic carbocycles. The second-order valence-corrected chi connectivity index (χ2v) is 8.24. The number of rotatable bonds is 5. The molecule has 4 heterocycles. The van der Waals surface area contributed by atoms with Crippen LogP contribution in [0.25, 0.3) is 0 Å². The molecule has 162 valence electrons. The molecule has 0 aliphatic carbocycles. The fourth-order valence-corrected chi connectivity index (χ4v) is 4.59. The Labute approximate surface area is 181 Å². The normalized spacial score (nSPS) is 17.5. The summed E-state index contributed by atoms with van der Waals surface area (Å²) in [7, 11) is 1.96. The highest BCUT2D eigenvalue weighted by atomic mass is 16.5. The van der Waals surface area contributed by atoms with E-state index in [1.165, 1.54) is 11.1 Å². The van der Waals surface area contributed by atoms with Gasteiger partial charge >= 0.3 is 0 Å². The van der Waals surface area contributed by atoms with Crippen LogP contribution >= 0.6 is 0 Å². The molecular weight excluding hydrogens is 394 g/mol. The molecule has 0 saturated carbocycles. The number of ether oxygens (including phenoxy) is 2. The van der Waals surface area contributed by atoms with Gasteiger partial charge in [0, 0.05) is 44.9 Å². The van der Waals surface area contributed by atoms with Crippen molar-refractivity contribution in [3.05, 3.63) is 66.0 Å². The van der Waals surface area contributed by atoms with Crippen LogP contribution in [0, 0.1) is 0 Å². The van der Waals surface area contributed by atoms with E-state index in [1.807, 2.05) is 41.0 Å². The van der Waals surface area contributed by atoms with E-state index in [9.17, 15) is 4.79 Å². The van der Waals surface area contributed by atoms with Gasteiger partial charge in [-0.2, -0.15) is 5.10 Å². The molecule has 3 aromatic rings. The van der Waals surface area contributed by atoms with Gasteiger partial charge in [-0.3, -0.25) is 9.48 Å². The zero-order chi connectivity index (χ0) is 21.3. The van der Waals surface area contributed by atoms with Gasteiger partial charge in [0.25, 0.3) is 0 Å². The van der Waals surface area contributed by atoms with Crippen molar-refractivity contribution in [2.75, 3.05) is 19.7 Å². The molecule has 5 rings (SSSR count). The number of carbonyl (C=O) groups is 1. The zero-order valence-electron chi connectivity index (χ0n) is 17.7. The molecule has 2 aliphatic heterocycles. The minimum atomic E-state index is -0.311. The van der Waals surface area contributed by atoms with Crippen molar-refractivity contribution in [1.82, 2.24) is 24.2 Å². The van der Waals surface area contributed by atoms with Gasteiger partial charge in [-0.15, -0.1) is 0 Å². The number of fused-ring (bicyclic) bond motifs is 2. The fraction of sp³-hybridized carbons (Fsp3) is 0.435. The minimum Gasteiger partial charge on any atom is -0.486 e. The predicted molar refractivity (Wildman–Crippen MR) is 113 cm³/mol. The highest BCUT2D eigenvalue weighted by Crippen LogP contribution is 2.42. The summed E-state index contributed by atoms with van der Waals surface area (Å²) in [5.74, 6) is 1.85. The molecule has 2 aromatic heterocycles. The minimum absolute atomic E-state index is 0.104. The average molecular weight is 422 g/mol. The smallest absolute Gasteiger partial charge is 0.244 e. The van der Waals surface area contributed by atoms with E-state index in [0.717, 1.165) is 30.8 Å². The number of aryl methyl sites for hydroxylation is 1. The van der Waals surface area contributed by atoms with Gasteiger partial charge in [0.2, 0.25) is 5.91 Å². The van der Waals surface area contributed by atoms with E-state index in [2.05, 4.69) is 22.2 Å². The second-order valence-electron chi connectivity index (χ2n) is 8.24. The first-order valence-corrected chi connectivity index (χ1v) is 10.7. The van der Waals surface area contributed by atoms with Crippen LogP contribution < -0.4 is 4.74 Å². The summed E-state index contributed by atoms with van der Waals surface area (Å²) in [6.45, 7) is 2.80. The topological polar surface area (TPSA) is 74.4 Å². The van der Waals surface area contributed by atoms with Crippen LogP contribution in [0.5, 0.6) is 5.75 Å². The van der Waals surface area contributed by atoms with Gasteiger partial charge in [0.15, 0.2) is 0 Å². The highest BCUT2D eigenvalue weighted by molar-refractivity contribution is 5.76. The molecule has 8 nitrogen and oxygen atoms in total. The summed E-state index contributed by atoms with van der Waals surface area (Å²) in [6, 6.07) is 8.13. The first-order chi connectivity index (χ1) is 15.1. The number of nitrogens with zero attached hydrogens (tertiary/aromatic N) is 5. The SMILES string of the molecule is Cn1ccnc1COc1ccc2c(c1)CCOC21CCN(C(=O)Cn2cccn2)CC1. The number of hydrogen-bond acceptors (Lipinski definition) is 5. The Morgan fingerprint density at radius 3 is 2.84 bits per heavy atom. The van der Waals surface area contributed by atoms with Gasteiger partial charge < -0.3 is 18.9 Å². The first kappa shape index (κ1) is 19.8. The van der Waals surface area contributed by atoms with E-state index in [1.54, 1.807) is 17.1 Å². The maximum Gasteiger partial charge on any atom is 0.244 e. The van der Waals surface area contributed by atoms with Crippen molar-refractivity contribution < 1.29 is 14.3 Å². The largest absolute Gasteiger partial charge is 0.486 e. The molecule has 31 heavy (non-hydrogen) atoms. The van der Waals surface area contributed by atoms with Crippen molar-refractivity contribution in [2.45, 2.75) is 38.0 Å². The van der Waals surface area contributed by atoms with Gasteiger partial charge in [0.05, 0.1) is 12.2 Å². The van der Waals surface area contributed by atoms with E-state index >= 15 is 0 Å². The number of carbonyl (C=O) groups excluding carboxylic acids is 1. The lowest BCUT2D eigenvalue weighted by Gasteiger charge is -2.45. The Morgan fingerprint density at radius 1 is 1.23 bits per heavy atom. The van der Waals surface area contributed by atoms with Crippen LogP contribution in [0.15, 0.2) is 49.1 Å². The molecule has 1 spiro atoms. The van der Waals surface area contributed by atoms with Gasteiger partial charge in [0.1, 0.15) is 24.7 Å². The van der Waals surface area contributed by atoms with Gasteiger partial charge in [-0.1, -0.05) is 6.07 Å². The standard InChI is InChI=1S/C23H27N5O3/c1-26-13-9-24-21(26)17-30-19-3-4-20-18(15-19)5-14-31-23(20)6-11-27(12-7-23)22(29)16-28-10-2-8-25-28/h2-4,8-10,13,15H,5-7,11-12,14,16-17H2,1H3. The van der Waals surface area contributed by atoms with Crippen molar-refractivity contribution in [1.29, 1.82) is 0 Å². The van der Waals surface area contributed by atoms with Gasteiger partial charge in [-0.05, 0) is 48.6 Å². The molecule has 0 N–H and O–H groups in total. The molecule has 1 fully saturated rings. The average Bonchev–Trinajstić information content (AvgIpc) is 3.44. The fourth-order valence-electron chi connectivity index (χ4n) is 4.59. The van der Waals surface area contributed by atoms with E-state index < -0.39 is 0 Å². The van der Waals surface area contributed by atoms with Crippen LogP contribution in [0.2, 0.25) is 0 Å². The maximum absolute atomic E-state index is 12.6. The lowest BCUT2D eigenvalue weighted by molar-refractivity contribution is -0.141. The number of likely N-dealkylation sites (tertiary alicyclic amines) is 1.